The fraction of sp³-hybridized carbons (Fsp3) is 0.0588. The van der Waals surface area contributed by atoms with Gasteiger partial charge in [-0.25, -0.2) is 9.82 Å². The predicted molar refractivity (Wildman–Crippen MR) is 84.1 cm³/mol. The van der Waals surface area contributed by atoms with Crippen LogP contribution in [0.1, 0.15) is 5.56 Å². The molecular weight excluding hydrogens is 281 g/mol. The molecule has 4 nitrogen and oxygen atoms in total. The van der Waals surface area contributed by atoms with E-state index in [4.69, 9.17) is 0 Å². The first-order chi connectivity index (χ1) is 10.7. The minimum atomic E-state index is -0.378. The maximum Gasteiger partial charge on any atom is 0.259 e. The number of rotatable bonds is 4. The van der Waals surface area contributed by atoms with E-state index in [2.05, 4.69) is 10.5 Å². The van der Waals surface area contributed by atoms with Gasteiger partial charge in [0, 0.05) is 17.3 Å². The Morgan fingerprint density at radius 3 is 2.77 bits per heavy atom. The minimum Gasteiger partial charge on any atom is -0.338 e. The monoisotopic (exact) mass is 295 g/mol. The Balaban J connectivity index is 1.65. The van der Waals surface area contributed by atoms with Gasteiger partial charge in [-0.15, -0.1) is 0 Å². The first-order valence-corrected chi connectivity index (χ1v) is 6.84. The molecule has 0 aliphatic heterocycles. The molecule has 0 unspecified atom stereocenters. The zero-order chi connectivity index (χ0) is 15.4. The van der Waals surface area contributed by atoms with Gasteiger partial charge < -0.3 is 4.57 Å². The van der Waals surface area contributed by atoms with E-state index in [0.29, 0.717) is 5.56 Å². The number of fused-ring (bicyclic) bond motifs is 1. The second-order valence-corrected chi connectivity index (χ2v) is 4.82. The molecule has 0 saturated carbocycles. The third-order valence-electron chi connectivity index (χ3n) is 3.29. The van der Waals surface area contributed by atoms with E-state index in [-0.39, 0.29) is 18.3 Å². The summed E-state index contributed by atoms with van der Waals surface area (Å²) in [5, 5.41) is 4.86. The molecule has 1 amide bonds. The fourth-order valence-electron chi connectivity index (χ4n) is 2.22. The molecule has 1 N–H and O–H groups in total. The number of hydrogen-bond donors (Lipinski definition) is 1. The largest absolute Gasteiger partial charge is 0.338 e. The molecule has 3 aromatic rings. The van der Waals surface area contributed by atoms with Gasteiger partial charge in [-0.05, 0) is 23.6 Å². The van der Waals surface area contributed by atoms with Gasteiger partial charge in [-0.1, -0.05) is 36.4 Å². The summed E-state index contributed by atoms with van der Waals surface area (Å²) in [6, 6.07) is 16.0. The van der Waals surface area contributed by atoms with Crippen LogP contribution < -0.4 is 5.43 Å². The van der Waals surface area contributed by atoms with Crippen molar-refractivity contribution in [2.24, 2.45) is 5.10 Å². The lowest BCUT2D eigenvalue weighted by molar-refractivity contribution is -0.121. The van der Waals surface area contributed by atoms with E-state index in [1.54, 1.807) is 18.2 Å². The molecule has 3 rings (SSSR count). The molecule has 0 saturated heterocycles. The highest BCUT2D eigenvalue weighted by atomic mass is 19.1. The van der Waals surface area contributed by atoms with Crippen LogP contribution in [-0.4, -0.2) is 16.7 Å². The van der Waals surface area contributed by atoms with Crippen molar-refractivity contribution in [2.75, 3.05) is 0 Å². The number of para-hydroxylation sites is 1. The predicted octanol–water partition coefficient (Wildman–Crippen LogP) is 2.93. The number of amides is 1. The second kappa shape index (κ2) is 6.22. The molecule has 0 radical (unpaired) electrons. The molecule has 110 valence electrons. The number of nitrogens with one attached hydrogen (secondary N) is 1. The highest BCUT2D eigenvalue weighted by molar-refractivity contribution is 5.84. The lowest BCUT2D eigenvalue weighted by Gasteiger charge is -2.04. The number of aromatic nitrogens is 1. The molecule has 0 fully saturated rings. The van der Waals surface area contributed by atoms with Gasteiger partial charge in [0.25, 0.3) is 5.91 Å². The van der Waals surface area contributed by atoms with Crippen molar-refractivity contribution in [1.82, 2.24) is 9.99 Å². The van der Waals surface area contributed by atoms with Crippen LogP contribution in [-0.2, 0) is 11.3 Å². The number of benzene rings is 2. The number of hydrazone groups is 1. The lowest BCUT2D eigenvalue weighted by atomic mass is 10.2. The Morgan fingerprint density at radius 2 is 1.91 bits per heavy atom. The summed E-state index contributed by atoms with van der Waals surface area (Å²) in [7, 11) is 0. The summed E-state index contributed by atoms with van der Waals surface area (Å²) in [6.45, 7) is 0.155. The van der Waals surface area contributed by atoms with Crippen molar-refractivity contribution in [3.8, 4) is 0 Å². The van der Waals surface area contributed by atoms with Crippen LogP contribution in [0.25, 0.3) is 10.9 Å². The number of nitrogens with zero attached hydrogens (tertiary/aromatic N) is 2. The summed E-state index contributed by atoms with van der Waals surface area (Å²) < 4.78 is 15.2. The first-order valence-electron chi connectivity index (χ1n) is 6.84. The van der Waals surface area contributed by atoms with Gasteiger partial charge in [-0.2, -0.15) is 5.10 Å². The molecule has 0 aliphatic rings. The van der Waals surface area contributed by atoms with Crippen LogP contribution in [0.2, 0.25) is 0 Å². The van der Waals surface area contributed by atoms with Crippen LogP contribution in [0.4, 0.5) is 4.39 Å². The van der Waals surface area contributed by atoms with Gasteiger partial charge in [-0.3, -0.25) is 4.79 Å². The molecule has 0 aliphatic carbocycles. The molecule has 22 heavy (non-hydrogen) atoms. The molecule has 0 atom stereocenters. The average Bonchev–Trinajstić information content (AvgIpc) is 2.92. The third kappa shape index (κ3) is 3.03. The van der Waals surface area contributed by atoms with Gasteiger partial charge >= 0.3 is 0 Å². The molecule has 1 aromatic heterocycles. The van der Waals surface area contributed by atoms with Crippen LogP contribution in [0.3, 0.4) is 0 Å². The third-order valence-corrected chi connectivity index (χ3v) is 3.29. The van der Waals surface area contributed by atoms with Crippen molar-refractivity contribution in [2.45, 2.75) is 6.54 Å². The average molecular weight is 295 g/mol. The number of halogens is 1. The van der Waals surface area contributed by atoms with Gasteiger partial charge in [0.05, 0.1) is 6.21 Å². The second-order valence-electron chi connectivity index (χ2n) is 4.82. The number of hydrogen-bond acceptors (Lipinski definition) is 2. The van der Waals surface area contributed by atoms with Crippen molar-refractivity contribution in [3.05, 3.63) is 72.2 Å². The van der Waals surface area contributed by atoms with Crippen molar-refractivity contribution in [1.29, 1.82) is 0 Å². The Labute approximate surface area is 126 Å². The zero-order valence-electron chi connectivity index (χ0n) is 11.7. The Bertz CT molecular complexity index is 839. The van der Waals surface area contributed by atoms with Crippen molar-refractivity contribution >= 4 is 23.0 Å². The maximum absolute atomic E-state index is 13.4. The number of carbonyl (C=O) groups is 1. The van der Waals surface area contributed by atoms with E-state index in [0.717, 1.165) is 10.9 Å². The summed E-state index contributed by atoms with van der Waals surface area (Å²) in [5.41, 5.74) is 3.71. The first kappa shape index (κ1) is 14.0. The van der Waals surface area contributed by atoms with Gasteiger partial charge in [0.2, 0.25) is 0 Å². The minimum absolute atomic E-state index is 0.155. The van der Waals surface area contributed by atoms with E-state index in [9.17, 15) is 9.18 Å². The van der Waals surface area contributed by atoms with Crippen LogP contribution >= 0.6 is 0 Å². The van der Waals surface area contributed by atoms with Crippen molar-refractivity contribution < 1.29 is 9.18 Å². The topological polar surface area (TPSA) is 46.4 Å². The lowest BCUT2D eigenvalue weighted by Crippen LogP contribution is -2.22. The van der Waals surface area contributed by atoms with E-state index >= 15 is 0 Å². The molecule has 5 heteroatoms. The van der Waals surface area contributed by atoms with Crippen LogP contribution in [0.5, 0.6) is 0 Å². The normalized spacial score (nSPS) is 11.1. The molecule has 0 bridgehead atoms. The maximum atomic E-state index is 13.4. The quantitative estimate of drug-likeness (QED) is 0.584. The fourth-order valence-corrected chi connectivity index (χ4v) is 2.22. The summed E-state index contributed by atoms with van der Waals surface area (Å²) in [6.07, 6.45) is 3.14. The van der Waals surface area contributed by atoms with Crippen LogP contribution in [0.15, 0.2) is 65.9 Å². The molecule has 1 heterocycles. The summed E-state index contributed by atoms with van der Waals surface area (Å²) in [5.74, 6) is -0.647. The van der Waals surface area contributed by atoms with E-state index in [1.807, 2.05) is 41.1 Å². The van der Waals surface area contributed by atoms with E-state index in [1.165, 1.54) is 12.3 Å². The van der Waals surface area contributed by atoms with E-state index < -0.39 is 0 Å². The Kier molecular flexibility index (Phi) is 3.96. The molecule has 0 spiro atoms. The SMILES string of the molecule is O=C(Cn1ccc2ccccc21)N/N=C\c1ccccc1F. The van der Waals surface area contributed by atoms with Gasteiger partial charge in [0.15, 0.2) is 0 Å². The van der Waals surface area contributed by atoms with Gasteiger partial charge in [0.1, 0.15) is 12.4 Å². The molecular formula is C17H14FN3O. The smallest absolute Gasteiger partial charge is 0.259 e. The Morgan fingerprint density at radius 1 is 1.14 bits per heavy atom. The Hall–Kier alpha value is -2.95. The number of carbonyl (C=O) groups excluding carboxylic acids is 1. The summed E-state index contributed by atoms with van der Waals surface area (Å²) >= 11 is 0. The van der Waals surface area contributed by atoms with Crippen molar-refractivity contribution in [3.63, 3.8) is 0 Å². The zero-order valence-corrected chi connectivity index (χ0v) is 11.7. The standard InChI is InChI=1S/C17H14FN3O/c18-15-7-3-1-6-14(15)11-19-20-17(22)12-21-10-9-13-5-2-4-8-16(13)21/h1-11H,12H2,(H,20,22)/b19-11-. The highest BCUT2D eigenvalue weighted by Crippen LogP contribution is 2.14. The molecule has 2 aromatic carbocycles. The van der Waals surface area contributed by atoms with Crippen LogP contribution in [0, 0.1) is 5.82 Å². The highest BCUT2D eigenvalue weighted by Gasteiger charge is 2.05. The summed E-state index contributed by atoms with van der Waals surface area (Å²) in [4.78, 5) is 11.9.